The predicted molar refractivity (Wildman–Crippen MR) is 287 cm³/mol. The fourth-order valence-corrected chi connectivity index (χ4v) is 13.2. The van der Waals surface area contributed by atoms with Crippen molar-refractivity contribution in [3.05, 3.63) is 107 Å². The number of halogens is 7. The van der Waals surface area contributed by atoms with Crippen molar-refractivity contribution in [2.75, 3.05) is 35.6 Å². The van der Waals surface area contributed by atoms with Crippen LogP contribution in [0.2, 0.25) is 0 Å². The van der Waals surface area contributed by atoms with Gasteiger partial charge in [0, 0.05) is 78.2 Å². The van der Waals surface area contributed by atoms with Crippen molar-refractivity contribution in [3.8, 4) is 33.8 Å². The number of nitrogens with one attached hydrogen (secondary N) is 3. The monoisotopic (exact) mass is 1110 g/mol. The van der Waals surface area contributed by atoms with E-state index in [-0.39, 0.29) is 72.6 Å². The van der Waals surface area contributed by atoms with E-state index in [4.69, 9.17) is 15.3 Å². The number of hydrogen-bond donors (Lipinski definition) is 3. The van der Waals surface area contributed by atoms with Gasteiger partial charge in [-0.25, -0.2) is 40.1 Å². The minimum Gasteiger partial charge on any atom is -0.311 e. The van der Waals surface area contributed by atoms with Gasteiger partial charge in [0.25, 0.3) is 11.8 Å². The molecule has 3 amide bonds. The molecule has 5 aliphatic carbocycles. The van der Waals surface area contributed by atoms with Crippen molar-refractivity contribution in [2.45, 2.75) is 134 Å². The van der Waals surface area contributed by atoms with Crippen LogP contribution in [0.5, 0.6) is 0 Å². The van der Waals surface area contributed by atoms with Crippen LogP contribution >= 0.6 is 0 Å². The molecule has 0 radical (unpaired) electrons. The van der Waals surface area contributed by atoms with E-state index in [9.17, 15) is 45.1 Å². The van der Waals surface area contributed by atoms with Crippen LogP contribution in [0.4, 0.5) is 48.2 Å². The molecule has 3 aromatic carbocycles. The fourth-order valence-electron chi connectivity index (χ4n) is 13.2. The molecule has 1 unspecified atom stereocenters. The Bertz CT molecular complexity index is 3320. The number of amides is 3. The zero-order chi connectivity index (χ0) is 56.0. The van der Waals surface area contributed by atoms with Gasteiger partial charge >= 0.3 is 0 Å². The van der Waals surface area contributed by atoms with E-state index >= 15 is 0 Å². The first-order valence-electron chi connectivity index (χ1n) is 28.1. The van der Waals surface area contributed by atoms with Crippen molar-refractivity contribution in [3.63, 3.8) is 0 Å². The highest BCUT2D eigenvalue weighted by Gasteiger charge is 2.50. The van der Waals surface area contributed by atoms with Gasteiger partial charge in [-0.05, 0) is 166 Å². The summed E-state index contributed by atoms with van der Waals surface area (Å²) in [7, 11) is 1.78. The predicted octanol–water partition coefficient (Wildman–Crippen LogP) is 12.5. The Kier molecular flexibility index (Phi) is 13.9. The van der Waals surface area contributed by atoms with Gasteiger partial charge in [0.05, 0.1) is 36.7 Å². The highest BCUT2D eigenvalue weighted by atomic mass is 19.3. The number of carbonyl (C=O) groups is 3. The highest BCUT2D eigenvalue weighted by molar-refractivity contribution is 5.95. The van der Waals surface area contributed by atoms with Crippen LogP contribution in [0.3, 0.4) is 0 Å². The third kappa shape index (κ3) is 10.7. The van der Waals surface area contributed by atoms with E-state index in [1.165, 1.54) is 41.3 Å². The molecule has 4 heterocycles. The summed E-state index contributed by atoms with van der Waals surface area (Å²) in [5, 5.41) is 24.5. The molecule has 422 valence electrons. The van der Waals surface area contributed by atoms with Crippen molar-refractivity contribution >= 4 is 35.2 Å². The van der Waals surface area contributed by atoms with E-state index in [0.29, 0.717) is 95.6 Å². The van der Waals surface area contributed by atoms with E-state index in [2.05, 4.69) is 29.8 Å². The van der Waals surface area contributed by atoms with Crippen LogP contribution < -0.4 is 16.0 Å². The number of aromatic nitrogens is 6. The molecule has 13 nitrogen and oxygen atoms in total. The summed E-state index contributed by atoms with van der Waals surface area (Å²) in [6.45, 7) is 3.56. The first kappa shape index (κ1) is 53.8. The quantitative estimate of drug-likeness (QED) is 0.0727. The summed E-state index contributed by atoms with van der Waals surface area (Å²) >= 11 is 0. The van der Waals surface area contributed by atoms with Crippen molar-refractivity contribution in [1.82, 2.24) is 34.2 Å². The number of likely N-dealkylation sites (tertiary alicyclic amines) is 1. The van der Waals surface area contributed by atoms with E-state index in [1.807, 2.05) is 0 Å². The fraction of sp³-hybridized carbons (Fsp3) is 0.500. The van der Waals surface area contributed by atoms with Gasteiger partial charge in [0.15, 0.2) is 0 Å². The molecule has 6 fully saturated rings. The Morgan fingerprint density at radius 3 is 1.45 bits per heavy atom. The smallest absolute Gasteiger partial charge is 0.272 e. The average molecular weight is 1110 g/mol. The number of nitrogens with zero attached hydrogens (tertiary/aromatic N) is 7. The normalized spacial score (nSPS) is 23.9. The molecule has 6 aromatic rings. The molecule has 3 N–H and O–H groups in total. The van der Waals surface area contributed by atoms with Gasteiger partial charge in [0.1, 0.15) is 34.9 Å². The van der Waals surface area contributed by atoms with Crippen LogP contribution in [0.25, 0.3) is 33.8 Å². The molecule has 80 heavy (non-hydrogen) atoms. The largest absolute Gasteiger partial charge is 0.311 e. The molecule has 6 aliphatic rings. The van der Waals surface area contributed by atoms with Crippen molar-refractivity contribution < 1.29 is 45.1 Å². The second kappa shape index (κ2) is 20.6. The van der Waals surface area contributed by atoms with Crippen molar-refractivity contribution in [2.24, 2.45) is 36.1 Å². The Morgan fingerprint density at radius 2 is 1.04 bits per heavy atom. The van der Waals surface area contributed by atoms with Crippen LogP contribution in [0.15, 0.2) is 72.8 Å². The first-order valence-corrected chi connectivity index (χ1v) is 28.1. The lowest BCUT2D eigenvalue weighted by atomic mass is 9.64. The van der Waals surface area contributed by atoms with Gasteiger partial charge < -0.3 is 16.0 Å². The summed E-state index contributed by atoms with van der Waals surface area (Å²) in [6, 6.07) is 18.0. The molecular formula is C60H65F7N10O3. The minimum atomic E-state index is -2.91. The number of anilines is 3. The van der Waals surface area contributed by atoms with Crippen LogP contribution in [-0.2, 0) is 34.5 Å². The Balaban J connectivity index is 0.850. The van der Waals surface area contributed by atoms with Crippen LogP contribution in [-0.4, -0.2) is 83.4 Å². The number of rotatable bonds is 18. The maximum Gasteiger partial charge on any atom is 0.272 e. The topological polar surface area (TPSA) is 144 Å². The summed E-state index contributed by atoms with van der Waals surface area (Å²) < 4.78 is 105. The third-order valence-electron chi connectivity index (χ3n) is 17.9. The van der Waals surface area contributed by atoms with Crippen LogP contribution in [0, 0.1) is 46.5 Å². The first-order chi connectivity index (χ1) is 38.1. The Morgan fingerprint density at radius 1 is 0.588 bits per heavy atom. The SMILES string of the molecule is Cn1nc(-c2ccc(F)cc2)c(C2CC(Cn3nc(-c4ccc(F)cc4)c(C4CC(Cn5nc(-c6ccc(F)cc6)c(C6CCC6)c5NC(=O)CC5CCC5(F)F)C4)c3NC(=O)CN3CC(F)(F)C3)C2)c1NC(=O)C1CC(C)(C)C1. The molecule has 0 bridgehead atoms. The van der Waals surface area contributed by atoms with Gasteiger partial charge in [-0.3, -0.25) is 24.0 Å². The number of aryl methyl sites for hydroxylation is 1. The van der Waals surface area contributed by atoms with E-state index in [0.717, 1.165) is 43.2 Å². The summed E-state index contributed by atoms with van der Waals surface area (Å²) in [6.07, 6.45) is 6.18. The molecule has 12 rings (SSSR count). The number of benzene rings is 3. The Labute approximate surface area is 459 Å². The molecule has 0 spiro atoms. The lowest BCUT2D eigenvalue weighted by molar-refractivity contribution is -0.145. The Hall–Kier alpha value is -6.83. The van der Waals surface area contributed by atoms with Gasteiger partial charge in [0.2, 0.25) is 17.7 Å². The number of carbonyl (C=O) groups excluding carboxylic acids is 3. The van der Waals surface area contributed by atoms with Crippen molar-refractivity contribution in [1.29, 1.82) is 0 Å². The molecule has 1 saturated heterocycles. The van der Waals surface area contributed by atoms with E-state index in [1.54, 1.807) is 57.5 Å². The van der Waals surface area contributed by atoms with E-state index < -0.39 is 60.1 Å². The summed E-state index contributed by atoms with van der Waals surface area (Å²) in [4.78, 5) is 42.8. The molecular weight excluding hydrogens is 1040 g/mol. The number of alkyl halides is 4. The third-order valence-corrected chi connectivity index (χ3v) is 17.9. The zero-order valence-electron chi connectivity index (χ0n) is 45.0. The summed E-state index contributed by atoms with van der Waals surface area (Å²) in [5.74, 6) is -8.25. The average Bonchev–Trinajstić information content (AvgIpc) is 4.17. The standard InChI is InChI=1S/C60H65F7N10O3/c1-58(2)26-41(27-58)57(80)70-54-49(51(71-74(54)3)36-7-13-43(61)14-8-36)39-21-33(22-39)29-77-56(69-47(79)30-75-31-59(64,65)32-75)50(53(73-77)38-11-17-45(63)18-12-38)40-23-34(24-40)28-76-55(68-46(78)25-42-19-20-60(42,66)67)48(35-5-4-6-35)52(72-76)37-9-15-44(62)16-10-37/h7-18,33-35,39-42H,4-6,19-32H2,1-3H3,(H,68,78)(H,69,79)(H,70,80). The van der Waals surface area contributed by atoms with Gasteiger partial charge in [-0.2, -0.15) is 15.3 Å². The second-order valence-electron chi connectivity index (χ2n) is 24.6. The zero-order valence-corrected chi connectivity index (χ0v) is 45.0. The maximum absolute atomic E-state index is 14.6. The summed E-state index contributed by atoms with van der Waals surface area (Å²) in [5.41, 5.74) is 6.14. The molecule has 1 aliphatic heterocycles. The molecule has 3 aromatic heterocycles. The molecule has 20 heteroatoms. The lowest BCUT2D eigenvalue weighted by Crippen LogP contribution is -2.58. The highest BCUT2D eigenvalue weighted by Crippen LogP contribution is 2.54. The second-order valence-corrected chi connectivity index (χ2v) is 24.6. The maximum atomic E-state index is 14.6. The molecule has 5 saturated carbocycles. The number of hydrogen-bond acceptors (Lipinski definition) is 7. The minimum absolute atomic E-state index is 0.00549. The van der Waals surface area contributed by atoms with Gasteiger partial charge in [-0.15, -0.1) is 0 Å². The molecule has 1 atom stereocenters. The van der Waals surface area contributed by atoms with Crippen LogP contribution in [0.1, 0.15) is 125 Å². The lowest BCUT2D eigenvalue weighted by Gasteiger charge is -2.41. The van der Waals surface area contributed by atoms with Gasteiger partial charge in [-0.1, -0.05) is 20.3 Å².